The number of phenolic OH excluding ortho intramolecular Hbond substituents is 1. The maximum absolute atomic E-state index is 13.0. The van der Waals surface area contributed by atoms with Gasteiger partial charge in [0.1, 0.15) is 5.75 Å². The van der Waals surface area contributed by atoms with Crippen LogP contribution in [0.15, 0.2) is 71.6 Å². The molecule has 4 aromatic rings. The molecule has 0 unspecified atom stereocenters. The summed E-state index contributed by atoms with van der Waals surface area (Å²) in [5, 5.41) is 12.1. The lowest BCUT2D eigenvalue weighted by molar-refractivity contribution is 0.0527. The predicted octanol–water partition coefficient (Wildman–Crippen LogP) is 6.77. The van der Waals surface area contributed by atoms with E-state index in [1.165, 1.54) is 0 Å². The highest BCUT2D eigenvalue weighted by Gasteiger charge is 2.25. The third-order valence-electron chi connectivity index (χ3n) is 5.15. The molecule has 4 rings (SSSR count). The van der Waals surface area contributed by atoms with Gasteiger partial charge in [-0.2, -0.15) is 0 Å². The van der Waals surface area contributed by atoms with Crippen molar-refractivity contribution in [1.82, 2.24) is 4.57 Å². The fraction of sp³-hybridized carbons (Fsp3) is 0.160. The zero-order valence-corrected chi connectivity index (χ0v) is 18.8. The van der Waals surface area contributed by atoms with Gasteiger partial charge in [0.15, 0.2) is 0 Å². The molecule has 0 radical (unpaired) electrons. The van der Waals surface area contributed by atoms with Crippen LogP contribution in [0.3, 0.4) is 0 Å². The van der Waals surface area contributed by atoms with E-state index in [1.807, 2.05) is 72.2 Å². The minimum atomic E-state index is -0.394. The van der Waals surface area contributed by atoms with Gasteiger partial charge in [0.2, 0.25) is 0 Å². The molecule has 0 aliphatic heterocycles. The van der Waals surface area contributed by atoms with Crippen LogP contribution in [0, 0.1) is 6.92 Å². The third-order valence-corrected chi connectivity index (χ3v) is 6.44. The number of halogens is 1. The first-order valence-electron chi connectivity index (χ1n) is 9.98. The molecule has 0 saturated carbocycles. The Morgan fingerprint density at radius 2 is 1.77 bits per heavy atom. The van der Waals surface area contributed by atoms with Crippen molar-refractivity contribution in [1.29, 1.82) is 0 Å². The van der Waals surface area contributed by atoms with E-state index in [1.54, 1.807) is 24.8 Å². The summed E-state index contributed by atoms with van der Waals surface area (Å²) in [6, 6.07) is 21.0. The fourth-order valence-corrected chi connectivity index (χ4v) is 4.84. The number of thioether (sulfide) groups is 1. The molecule has 6 heteroatoms. The standard InChI is InChI=1S/C25H22ClNO3S/c1-3-30-25(29)23-16(2)27(18-11-9-17(26)10-12-18)21-13-14-22(28)20(24(21)23)15-31-19-7-5-4-6-8-19/h4-14,28H,3,15H2,1-2H3. The normalized spacial score (nSPS) is 11.1. The van der Waals surface area contributed by atoms with E-state index in [0.717, 1.165) is 21.8 Å². The van der Waals surface area contributed by atoms with E-state index in [2.05, 4.69) is 0 Å². The molecule has 0 bridgehead atoms. The Hall–Kier alpha value is -2.89. The predicted molar refractivity (Wildman–Crippen MR) is 127 cm³/mol. The quantitative estimate of drug-likeness (QED) is 0.259. The molecule has 0 amide bonds. The van der Waals surface area contributed by atoms with Gasteiger partial charge in [-0.1, -0.05) is 29.8 Å². The largest absolute Gasteiger partial charge is 0.508 e. The van der Waals surface area contributed by atoms with Gasteiger partial charge in [-0.3, -0.25) is 0 Å². The number of ether oxygens (including phenoxy) is 1. The zero-order chi connectivity index (χ0) is 22.0. The summed E-state index contributed by atoms with van der Waals surface area (Å²) in [6.45, 7) is 3.96. The number of fused-ring (bicyclic) bond motifs is 1. The van der Waals surface area contributed by atoms with E-state index in [9.17, 15) is 9.90 Å². The van der Waals surface area contributed by atoms with E-state index in [4.69, 9.17) is 16.3 Å². The molecule has 0 aliphatic rings. The average Bonchev–Trinajstić information content (AvgIpc) is 3.06. The van der Waals surface area contributed by atoms with Gasteiger partial charge in [0, 0.05) is 38.0 Å². The number of esters is 1. The lowest BCUT2D eigenvalue weighted by atomic mass is 10.0. The molecule has 0 fully saturated rings. The Labute approximate surface area is 190 Å². The molecular formula is C25H22ClNO3S. The number of phenols is 1. The van der Waals surface area contributed by atoms with Crippen LogP contribution in [0.4, 0.5) is 0 Å². The summed E-state index contributed by atoms with van der Waals surface area (Å²) in [6.07, 6.45) is 0. The van der Waals surface area contributed by atoms with Gasteiger partial charge < -0.3 is 14.4 Å². The average molecular weight is 452 g/mol. The second-order valence-corrected chi connectivity index (χ2v) is 8.54. The lowest BCUT2D eigenvalue weighted by Gasteiger charge is -2.10. The van der Waals surface area contributed by atoms with E-state index >= 15 is 0 Å². The second-order valence-electron chi connectivity index (χ2n) is 7.05. The summed E-state index contributed by atoms with van der Waals surface area (Å²) < 4.78 is 7.39. The monoisotopic (exact) mass is 451 g/mol. The number of aromatic hydroxyl groups is 1. The zero-order valence-electron chi connectivity index (χ0n) is 17.3. The highest BCUT2D eigenvalue weighted by Crippen LogP contribution is 2.39. The highest BCUT2D eigenvalue weighted by molar-refractivity contribution is 7.98. The van der Waals surface area contributed by atoms with Crippen LogP contribution in [0.25, 0.3) is 16.6 Å². The first kappa shape index (κ1) is 21.3. The molecule has 0 atom stereocenters. The Bertz CT molecular complexity index is 1230. The van der Waals surface area contributed by atoms with Crippen molar-refractivity contribution < 1.29 is 14.6 Å². The first-order chi connectivity index (χ1) is 15.0. The van der Waals surface area contributed by atoms with Crippen LogP contribution in [0.2, 0.25) is 5.02 Å². The molecule has 0 saturated heterocycles. The molecule has 158 valence electrons. The van der Waals surface area contributed by atoms with Gasteiger partial charge in [0.05, 0.1) is 17.7 Å². The first-order valence-corrected chi connectivity index (χ1v) is 11.3. The number of carbonyl (C=O) groups is 1. The summed E-state index contributed by atoms with van der Waals surface area (Å²) in [4.78, 5) is 14.1. The molecular weight excluding hydrogens is 430 g/mol. The number of carbonyl (C=O) groups excluding carboxylic acids is 1. The van der Waals surface area contributed by atoms with Crippen LogP contribution < -0.4 is 0 Å². The summed E-state index contributed by atoms with van der Waals surface area (Å²) in [5.74, 6) is 0.285. The molecule has 0 aliphatic carbocycles. The molecule has 3 aromatic carbocycles. The van der Waals surface area contributed by atoms with Gasteiger partial charge in [-0.25, -0.2) is 4.79 Å². The Kier molecular flexibility index (Phi) is 6.25. The Balaban J connectivity index is 1.93. The van der Waals surface area contributed by atoms with Gasteiger partial charge in [0.25, 0.3) is 0 Å². The topological polar surface area (TPSA) is 51.5 Å². The van der Waals surface area contributed by atoms with E-state index in [0.29, 0.717) is 27.3 Å². The molecule has 1 N–H and O–H groups in total. The van der Waals surface area contributed by atoms with Gasteiger partial charge >= 0.3 is 5.97 Å². The molecule has 31 heavy (non-hydrogen) atoms. The number of hydrogen-bond donors (Lipinski definition) is 1. The molecule has 4 nitrogen and oxygen atoms in total. The van der Waals surface area contributed by atoms with Crippen molar-refractivity contribution in [3.8, 4) is 11.4 Å². The fourth-order valence-electron chi connectivity index (χ4n) is 3.76. The Morgan fingerprint density at radius 3 is 2.45 bits per heavy atom. The van der Waals surface area contributed by atoms with Crippen LogP contribution in [0.1, 0.15) is 28.5 Å². The SMILES string of the molecule is CCOC(=O)c1c(C)n(-c2ccc(Cl)cc2)c2ccc(O)c(CSc3ccccc3)c12. The number of rotatable bonds is 6. The third kappa shape index (κ3) is 4.16. The summed E-state index contributed by atoms with van der Waals surface area (Å²) in [7, 11) is 0. The molecule has 1 heterocycles. The second kappa shape index (κ2) is 9.08. The highest BCUT2D eigenvalue weighted by atomic mass is 35.5. The lowest BCUT2D eigenvalue weighted by Crippen LogP contribution is -2.07. The van der Waals surface area contributed by atoms with Gasteiger partial charge in [-0.05, 0) is 62.4 Å². The van der Waals surface area contributed by atoms with Crippen molar-refractivity contribution in [2.24, 2.45) is 0 Å². The van der Waals surface area contributed by atoms with Crippen molar-refractivity contribution in [2.75, 3.05) is 6.61 Å². The minimum Gasteiger partial charge on any atom is -0.508 e. The van der Waals surface area contributed by atoms with Crippen molar-refractivity contribution >= 4 is 40.2 Å². The number of nitrogens with zero attached hydrogens (tertiary/aromatic N) is 1. The maximum Gasteiger partial charge on any atom is 0.340 e. The Morgan fingerprint density at radius 1 is 1.06 bits per heavy atom. The van der Waals surface area contributed by atoms with Crippen LogP contribution in [-0.4, -0.2) is 22.2 Å². The van der Waals surface area contributed by atoms with Crippen LogP contribution >= 0.6 is 23.4 Å². The maximum atomic E-state index is 13.0. The van der Waals surface area contributed by atoms with Crippen molar-refractivity contribution in [2.45, 2.75) is 24.5 Å². The van der Waals surface area contributed by atoms with E-state index < -0.39 is 5.97 Å². The van der Waals surface area contributed by atoms with E-state index in [-0.39, 0.29) is 12.4 Å². The van der Waals surface area contributed by atoms with Crippen molar-refractivity contribution in [3.63, 3.8) is 0 Å². The van der Waals surface area contributed by atoms with Gasteiger partial charge in [-0.15, -0.1) is 11.8 Å². The minimum absolute atomic E-state index is 0.162. The molecule has 1 aromatic heterocycles. The van der Waals surface area contributed by atoms with Crippen molar-refractivity contribution in [3.05, 3.63) is 88.6 Å². The van der Waals surface area contributed by atoms with Crippen LogP contribution in [-0.2, 0) is 10.5 Å². The number of hydrogen-bond acceptors (Lipinski definition) is 4. The van der Waals surface area contributed by atoms with Crippen LogP contribution in [0.5, 0.6) is 5.75 Å². The summed E-state index contributed by atoms with van der Waals surface area (Å²) in [5.41, 5.74) is 3.67. The smallest absolute Gasteiger partial charge is 0.340 e. The molecule has 0 spiro atoms. The number of benzene rings is 3. The number of aromatic nitrogens is 1. The summed E-state index contributed by atoms with van der Waals surface area (Å²) >= 11 is 7.69.